The summed E-state index contributed by atoms with van der Waals surface area (Å²) in [5.41, 5.74) is 0. The third kappa shape index (κ3) is 6.04. The summed E-state index contributed by atoms with van der Waals surface area (Å²) in [6, 6.07) is 0.549. The summed E-state index contributed by atoms with van der Waals surface area (Å²) in [6.07, 6.45) is 0. The highest BCUT2D eigenvalue weighted by Crippen LogP contribution is 2.16. The highest BCUT2D eigenvalue weighted by Gasteiger charge is 2.31. The van der Waals surface area contributed by atoms with E-state index in [9.17, 15) is 4.79 Å². The molecule has 2 bridgehead atoms. The Morgan fingerprint density at radius 1 is 1.07 bits per heavy atom. The lowest BCUT2D eigenvalue weighted by atomic mass is 10.1. The van der Waals surface area contributed by atoms with E-state index in [1.807, 2.05) is 0 Å². The van der Waals surface area contributed by atoms with Crippen molar-refractivity contribution >= 4 is 11.9 Å². The predicted molar refractivity (Wildman–Crippen MR) is 111 cm³/mol. The molecule has 0 saturated carbocycles. The molecule has 160 valence electrons. The second-order valence-electron chi connectivity index (χ2n) is 7.79. The van der Waals surface area contributed by atoms with Crippen LogP contribution < -0.4 is 10.6 Å². The van der Waals surface area contributed by atoms with Gasteiger partial charge in [-0.25, -0.2) is 0 Å². The largest absolute Gasteiger partial charge is 0.383 e. The van der Waals surface area contributed by atoms with Crippen LogP contribution in [0.25, 0.3) is 0 Å². The Hall–Kier alpha value is -1.42. The molecule has 0 aromatic carbocycles. The summed E-state index contributed by atoms with van der Waals surface area (Å²) in [7, 11) is 1.64. The number of guanidine groups is 1. The molecule has 4 aliphatic rings. The van der Waals surface area contributed by atoms with Crippen LogP contribution in [0.1, 0.15) is 6.92 Å². The van der Waals surface area contributed by atoms with E-state index in [-0.39, 0.29) is 5.91 Å². The number of carbonyl (C=O) groups is 1. The minimum Gasteiger partial charge on any atom is -0.383 e. The molecule has 28 heavy (non-hydrogen) atoms. The number of ether oxygens (including phenoxy) is 1. The average Bonchev–Trinajstić information content (AvgIpc) is 2.73. The van der Waals surface area contributed by atoms with Gasteiger partial charge in [-0.15, -0.1) is 0 Å². The van der Waals surface area contributed by atoms with Gasteiger partial charge < -0.3 is 20.3 Å². The number of aliphatic imine (C=N–C) groups is 1. The Kier molecular flexibility index (Phi) is 8.32. The first-order chi connectivity index (χ1) is 13.7. The zero-order valence-corrected chi connectivity index (χ0v) is 17.5. The normalized spacial score (nSPS) is 28.4. The maximum absolute atomic E-state index is 12.0. The Morgan fingerprint density at radius 3 is 2.43 bits per heavy atom. The maximum Gasteiger partial charge on any atom is 0.234 e. The van der Waals surface area contributed by atoms with E-state index in [1.165, 1.54) is 26.2 Å². The van der Waals surface area contributed by atoms with Gasteiger partial charge in [0.15, 0.2) is 5.96 Å². The van der Waals surface area contributed by atoms with E-state index in [4.69, 9.17) is 9.73 Å². The van der Waals surface area contributed by atoms with Crippen LogP contribution in [-0.4, -0.2) is 136 Å². The van der Waals surface area contributed by atoms with E-state index in [0.29, 0.717) is 25.7 Å². The van der Waals surface area contributed by atoms with Gasteiger partial charge in [-0.05, 0) is 6.92 Å². The van der Waals surface area contributed by atoms with Gasteiger partial charge in [-0.3, -0.25) is 24.5 Å². The molecule has 1 atom stereocenters. The molecule has 1 unspecified atom stereocenters. The lowest BCUT2D eigenvalue weighted by molar-refractivity contribution is -0.122. The van der Waals surface area contributed by atoms with Crippen LogP contribution in [0, 0.1) is 0 Å². The van der Waals surface area contributed by atoms with Crippen molar-refractivity contribution in [2.45, 2.75) is 13.0 Å². The van der Waals surface area contributed by atoms with Crippen molar-refractivity contribution in [1.82, 2.24) is 30.2 Å². The molecular formula is C19H37N7O2. The van der Waals surface area contributed by atoms with Crippen molar-refractivity contribution in [2.24, 2.45) is 4.99 Å². The number of amides is 1. The monoisotopic (exact) mass is 395 g/mol. The molecule has 9 nitrogen and oxygen atoms in total. The van der Waals surface area contributed by atoms with Crippen molar-refractivity contribution < 1.29 is 9.53 Å². The smallest absolute Gasteiger partial charge is 0.234 e. The molecule has 4 aliphatic heterocycles. The Balaban J connectivity index is 1.44. The molecule has 4 heterocycles. The number of hydrogen-bond acceptors (Lipinski definition) is 6. The van der Waals surface area contributed by atoms with Crippen molar-refractivity contribution in [2.75, 3.05) is 98.8 Å². The number of carbonyl (C=O) groups excluding carboxylic acids is 1. The quantitative estimate of drug-likeness (QED) is 0.289. The minimum atomic E-state index is 0.0717. The van der Waals surface area contributed by atoms with Crippen LogP contribution in [0.5, 0.6) is 0 Å². The first-order valence-electron chi connectivity index (χ1n) is 10.7. The summed E-state index contributed by atoms with van der Waals surface area (Å²) >= 11 is 0. The molecule has 4 saturated heterocycles. The molecule has 2 N–H and O–H groups in total. The minimum absolute atomic E-state index is 0.0717. The van der Waals surface area contributed by atoms with Gasteiger partial charge in [0.2, 0.25) is 5.91 Å². The van der Waals surface area contributed by atoms with E-state index < -0.39 is 0 Å². The summed E-state index contributed by atoms with van der Waals surface area (Å²) in [5.74, 6) is 1.09. The number of nitrogens with one attached hydrogen (secondary N) is 2. The van der Waals surface area contributed by atoms with Crippen LogP contribution in [0.15, 0.2) is 4.99 Å². The molecule has 0 aromatic rings. The van der Waals surface area contributed by atoms with Crippen molar-refractivity contribution in [3.8, 4) is 0 Å². The maximum atomic E-state index is 12.0. The van der Waals surface area contributed by atoms with Gasteiger partial charge in [-0.2, -0.15) is 0 Å². The van der Waals surface area contributed by atoms with Crippen molar-refractivity contribution in [3.05, 3.63) is 0 Å². The average molecular weight is 396 g/mol. The van der Waals surface area contributed by atoms with Gasteiger partial charge in [0.05, 0.1) is 19.7 Å². The predicted octanol–water partition coefficient (Wildman–Crippen LogP) is -1.67. The standard InChI is InChI=1S/C19H37N7O2/c1-3-20-19(22-14-17-15-23-5-9-25(17)10-6-23)26-11-7-24(8-12-26)16-18(27)21-4-13-28-2/h17H,3-16H2,1-2H3,(H,20,22)(H,21,27). The Morgan fingerprint density at radius 2 is 1.82 bits per heavy atom. The topological polar surface area (TPSA) is 75.7 Å². The van der Waals surface area contributed by atoms with Crippen LogP contribution in [0.3, 0.4) is 0 Å². The second-order valence-corrected chi connectivity index (χ2v) is 7.79. The van der Waals surface area contributed by atoms with E-state index in [1.54, 1.807) is 7.11 Å². The lowest BCUT2D eigenvalue weighted by Gasteiger charge is -2.47. The molecular weight excluding hydrogens is 358 g/mol. The Labute approximate surface area is 169 Å². The zero-order valence-electron chi connectivity index (χ0n) is 17.5. The van der Waals surface area contributed by atoms with Crippen LogP contribution in [-0.2, 0) is 9.53 Å². The summed E-state index contributed by atoms with van der Waals surface area (Å²) < 4.78 is 4.97. The fourth-order valence-corrected chi connectivity index (χ4v) is 4.18. The first kappa shape index (κ1) is 21.3. The van der Waals surface area contributed by atoms with E-state index in [0.717, 1.165) is 51.8 Å². The molecule has 4 rings (SSSR count). The number of piperazine rings is 4. The fourth-order valence-electron chi connectivity index (χ4n) is 4.18. The number of nitrogens with zero attached hydrogens (tertiary/aromatic N) is 5. The lowest BCUT2D eigenvalue weighted by Crippen LogP contribution is -2.62. The number of rotatable bonds is 8. The highest BCUT2D eigenvalue weighted by atomic mass is 16.5. The van der Waals surface area contributed by atoms with Gasteiger partial charge in [-0.1, -0.05) is 0 Å². The molecule has 0 spiro atoms. The van der Waals surface area contributed by atoms with Gasteiger partial charge in [0.1, 0.15) is 0 Å². The summed E-state index contributed by atoms with van der Waals surface area (Å²) in [6.45, 7) is 14.9. The summed E-state index contributed by atoms with van der Waals surface area (Å²) in [5, 5.41) is 6.35. The first-order valence-corrected chi connectivity index (χ1v) is 10.7. The molecule has 4 fully saturated rings. The highest BCUT2D eigenvalue weighted by molar-refractivity contribution is 5.80. The Bertz CT molecular complexity index is 514. The van der Waals surface area contributed by atoms with E-state index in [2.05, 4.69) is 37.2 Å². The van der Waals surface area contributed by atoms with Gasteiger partial charge >= 0.3 is 0 Å². The number of fused-ring (bicyclic) bond motifs is 3. The number of methoxy groups -OCH3 is 1. The van der Waals surface area contributed by atoms with Crippen molar-refractivity contribution in [1.29, 1.82) is 0 Å². The molecule has 0 aromatic heterocycles. The van der Waals surface area contributed by atoms with Gasteiger partial charge in [0, 0.05) is 85.1 Å². The third-order valence-electron chi connectivity index (χ3n) is 5.85. The summed E-state index contributed by atoms with van der Waals surface area (Å²) in [4.78, 5) is 26.6. The van der Waals surface area contributed by atoms with Crippen LogP contribution >= 0.6 is 0 Å². The van der Waals surface area contributed by atoms with Crippen LogP contribution in [0.2, 0.25) is 0 Å². The zero-order chi connectivity index (χ0) is 19.8. The third-order valence-corrected chi connectivity index (χ3v) is 5.85. The molecule has 0 aliphatic carbocycles. The van der Waals surface area contributed by atoms with E-state index >= 15 is 0 Å². The number of hydrogen-bond donors (Lipinski definition) is 2. The second kappa shape index (κ2) is 10.9. The molecule has 1 amide bonds. The van der Waals surface area contributed by atoms with Crippen molar-refractivity contribution in [3.63, 3.8) is 0 Å². The fraction of sp³-hybridized carbons (Fsp3) is 0.895. The van der Waals surface area contributed by atoms with Gasteiger partial charge in [0.25, 0.3) is 0 Å². The molecule has 0 radical (unpaired) electrons. The SMILES string of the molecule is CCNC(=NCC1CN2CCN1CC2)N1CCN(CC(=O)NCCOC)CC1. The molecule has 9 heteroatoms. The van der Waals surface area contributed by atoms with Crippen LogP contribution in [0.4, 0.5) is 0 Å².